The van der Waals surface area contributed by atoms with Gasteiger partial charge in [-0.1, -0.05) is 103 Å². The first-order chi connectivity index (χ1) is 13.7. The van der Waals surface area contributed by atoms with Crippen LogP contribution in [0.2, 0.25) is 0 Å². The summed E-state index contributed by atoms with van der Waals surface area (Å²) in [5.74, 6) is -0.156. The van der Waals surface area contributed by atoms with E-state index in [1.807, 2.05) is 0 Å². The van der Waals surface area contributed by atoms with Crippen LogP contribution in [0.15, 0.2) is 12.2 Å². The highest BCUT2D eigenvalue weighted by molar-refractivity contribution is 8.93. The van der Waals surface area contributed by atoms with E-state index >= 15 is 0 Å². The fourth-order valence-electron chi connectivity index (χ4n) is 3.08. The summed E-state index contributed by atoms with van der Waals surface area (Å²) in [6, 6.07) is 0. The first kappa shape index (κ1) is 33.3. The lowest BCUT2D eigenvalue weighted by molar-refractivity contribution is -0.118. The normalized spacial score (nSPS) is 10.4. The van der Waals surface area contributed by atoms with Gasteiger partial charge < -0.3 is 11.5 Å². The van der Waals surface area contributed by atoms with Gasteiger partial charge in [0.2, 0.25) is 5.91 Å². The molecular weight excluding hydrogens is 424 g/mol. The third-order valence-electron chi connectivity index (χ3n) is 4.97. The summed E-state index contributed by atoms with van der Waals surface area (Å²) in [5.41, 5.74) is 10.2. The molecule has 4 N–H and O–H groups in total. The van der Waals surface area contributed by atoms with Gasteiger partial charge in [-0.25, -0.2) is 0 Å². The SMILES string of the molecule is Br.CCCCCCCC/C=C\CCCCCCCCCCCC(N)=O.CCCN. The van der Waals surface area contributed by atoms with Crippen molar-refractivity contribution >= 4 is 22.9 Å². The predicted octanol–water partition coefficient (Wildman–Crippen LogP) is 8.00. The number of halogens is 1. The molecule has 3 nitrogen and oxygen atoms in total. The summed E-state index contributed by atoms with van der Waals surface area (Å²) in [6.07, 6.45) is 28.9. The number of carbonyl (C=O) groups is 1. The third-order valence-corrected chi connectivity index (χ3v) is 4.97. The fraction of sp³-hybridized carbons (Fsp3) is 0.880. The molecule has 0 atom stereocenters. The van der Waals surface area contributed by atoms with Gasteiger partial charge in [-0.2, -0.15) is 0 Å². The lowest BCUT2D eigenvalue weighted by Gasteiger charge is -2.01. The predicted molar refractivity (Wildman–Crippen MR) is 137 cm³/mol. The van der Waals surface area contributed by atoms with Gasteiger partial charge in [-0.3, -0.25) is 4.79 Å². The van der Waals surface area contributed by atoms with Crippen LogP contribution in [-0.4, -0.2) is 12.5 Å². The van der Waals surface area contributed by atoms with E-state index in [-0.39, 0.29) is 22.9 Å². The van der Waals surface area contributed by atoms with Crippen LogP contribution in [0.1, 0.15) is 136 Å². The molecule has 0 heterocycles. The molecule has 176 valence electrons. The zero-order chi connectivity index (χ0) is 21.1. The average Bonchev–Trinajstić information content (AvgIpc) is 2.69. The molecule has 0 aromatic heterocycles. The number of allylic oxidation sites excluding steroid dienone is 2. The van der Waals surface area contributed by atoms with Gasteiger partial charge in [-0.05, 0) is 45.1 Å². The van der Waals surface area contributed by atoms with Crippen molar-refractivity contribution in [2.24, 2.45) is 11.5 Å². The molecular formula is C25H53BrN2O. The molecule has 0 saturated heterocycles. The molecule has 0 rings (SSSR count). The van der Waals surface area contributed by atoms with Crippen LogP contribution in [0.5, 0.6) is 0 Å². The molecule has 0 aromatic carbocycles. The van der Waals surface area contributed by atoms with E-state index in [0.717, 1.165) is 25.8 Å². The van der Waals surface area contributed by atoms with Crippen molar-refractivity contribution in [1.29, 1.82) is 0 Å². The van der Waals surface area contributed by atoms with E-state index in [1.165, 1.54) is 96.3 Å². The minimum absolute atomic E-state index is 0. The Kier molecular flexibility index (Phi) is 37.1. The van der Waals surface area contributed by atoms with Crippen molar-refractivity contribution in [2.45, 2.75) is 136 Å². The number of unbranched alkanes of at least 4 members (excludes halogenated alkanes) is 15. The molecule has 0 bridgehead atoms. The van der Waals surface area contributed by atoms with Crippen molar-refractivity contribution < 1.29 is 4.79 Å². The molecule has 4 heteroatoms. The fourth-order valence-corrected chi connectivity index (χ4v) is 3.08. The summed E-state index contributed by atoms with van der Waals surface area (Å²) in [7, 11) is 0. The van der Waals surface area contributed by atoms with Crippen LogP contribution in [-0.2, 0) is 4.79 Å². The lowest BCUT2D eigenvalue weighted by Crippen LogP contribution is -2.09. The summed E-state index contributed by atoms with van der Waals surface area (Å²) in [6.45, 7) is 5.15. The summed E-state index contributed by atoms with van der Waals surface area (Å²) < 4.78 is 0. The second kappa shape index (κ2) is 32.3. The highest BCUT2D eigenvalue weighted by atomic mass is 79.9. The number of primary amides is 1. The van der Waals surface area contributed by atoms with Crippen molar-refractivity contribution in [3.63, 3.8) is 0 Å². The first-order valence-corrected chi connectivity index (χ1v) is 12.3. The second-order valence-corrected chi connectivity index (χ2v) is 8.00. The summed E-state index contributed by atoms with van der Waals surface area (Å²) in [5, 5.41) is 0. The number of hydrogen-bond donors (Lipinski definition) is 2. The van der Waals surface area contributed by atoms with Gasteiger partial charge in [0.05, 0.1) is 0 Å². The van der Waals surface area contributed by atoms with E-state index in [4.69, 9.17) is 11.5 Å². The Labute approximate surface area is 193 Å². The maximum atomic E-state index is 10.6. The quantitative estimate of drug-likeness (QED) is 0.138. The molecule has 0 aliphatic carbocycles. The lowest BCUT2D eigenvalue weighted by atomic mass is 10.1. The van der Waals surface area contributed by atoms with Gasteiger partial charge >= 0.3 is 0 Å². The highest BCUT2D eigenvalue weighted by Crippen LogP contribution is 2.12. The van der Waals surface area contributed by atoms with Crippen molar-refractivity contribution in [2.75, 3.05) is 6.54 Å². The van der Waals surface area contributed by atoms with E-state index < -0.39 is 0 Å². The Bertz CT molecular complexity index is 320. The smallest absolute Gasteiger partial charge is 0.217 e. The van der Waals surface area contributed by atoms with Crippen molar-refractivity contribution in [3.05, 3.63) is 12.2 Å². The maximum absolute atomic E-state index is 10.6. The van der Waals surface area contributed by atoms with Crippen molar-refractivity contribution in [3.8, 4) is 0 Å². The van der Waals surface area contributed by atoms with Gasteiger partial charge in [0.25, 0.3) is 0 Å². The third kappa shape index (κ3) is 38.8. The average molecular weight is 478 g/mol. The summed E-state index contributed by atoms with van der Waals surface area (Å²) in [4.78, 5) is 10.6. The minimum Gasteiger partial charge on any atom is -0.370 e. The largest absolute Gasteiger partial charge is 0.370 e. The molecule has 0 saturated carbocycles. The van der Waals surface area contributed by atoms with E-state index in [9.17, 15) is 4.79 Å². The Balaban J connectivity index is -0.00000123. The zero-order valence-corrected chi connectivity index (χ0v) is 21.5. The van der Waals surface area contributed by atoms with Crippen molar-refractivity contribution in [1.82, 2.24) is 0 Å². The van der Waals surface area contributed by atoms with Crippen LogP contribution in [0.3, 0.4) is 0 Å². The van der Waals surface area contributed by atoms with Gasteiger partial charge in [0.15, 0.2) is 0 Å². The Morgan fingerprint density at radius 3 is 1.31 bits per heavy atom. The number of amides is 1. The first-order valence-electron chi connectivity index (χ1n) is 12.3. The monoisotopic (exact) mass is 476 g/mol. The second-order valence-electron chi connectivity index (χ2n) is 8.00. The molecule has 29 heavy (non-hydrogen) atoms. The number of carbonyl (C=O) groups excluding carboxylic acids is 1. The standard InChI is InChI=1S/C22H43NO.C3H9N.BrH/c1-2-3-4-5-6-7-8-9-10-11-12-13-14-15-16-17-18-19-20-21-22(23)24;1-2-3-4;/h9-10H,2-8,11-21H2,1H3,(H2,23,24);2-4H2,1H3;1H/b10-9-;;. The molecule has 0 fully saturated rings. The number of rotatable bonds is 20. The van der Waals surface area contributed by atoms with Gasteiger partial charge in [0.1, 0.15) is 0 Å². The number of nitrogens with two attached hydrogens (primary N) is 2. The molecule has 0 unspecified atom stereocenters. The maximum Gasteiger partial charge on any atom is 0.217 e. The van der Waals surface area contributed by atoms with Crippen LogP contribution >= 0.6 is 17.0 Å². The minimum atomic E-state index is -0.156. The number of hydrogen-bond acceptors (Lipinski definition) is 2. The molecule has 1 amide bonds. The molecule has 0 radical (unpaired) electrons. The Hall–Kier alpha value is -0.350. The van der Waals surface area contributed by atoms with Gasteiger partial charge in [0, 0.05) is 6.42 Å². The highest BCUT2D eigenvalue weighted by Gasteiger charge is 1.95. The topological polar surface area (TPSA) is 69.1 Å². The zero-order valence-electron chi connectivity index (χ0n) is 19.8. The Morgan fingerprint density at radius 2 is 0.966 bits per heavy atom. The van der Waals surface area contributed by atoms with Crippen LogP contribution in [0.4, 0.5) is 0 Å². The molecule has 0 spiro atoms. The molecule has 0 aliphatic rings. The molecule has 0 aromatic rings. The molecule has 0 aliphatic heterocycles. The Morgan fingerprint density at radius 1 is 0.621 bits per heavy atom. The van der Waals surface area contributed by atoms with Crippen LogP contribution in [0, 0.1) is 0 Å². The van der Waals surface area contributed by atoms with E-state index in [0.29, 0.717) is 6.42 Å². The van der Waals surface area contributed by atoms with Gasteiger partial charge in [-0.15, -0.1) is 17.0 Å². The van der Waals surface area contributed by atoms with Crippen LogP contribution in [0.25, 0.3) is 0 Å². The van der Waals surface area contributed by atoms with E-state index in [2.05, 4.69) is 26.0 Å². The summed E-state index contributed by atoms with van der Waals surface area (Å²) >= 11 is 0. The van der Waals surface area contributed by atoms with Crippen LogP contribution < -0.4 is 11.5 Å². The van der Waals surface area contributed by atoms with E-state index in [1.54, 1.807) is 0 Å².